The topological polar surface area (TPSA) is 110 Å². The molecule has 24 heavy (non-hydrogen) atoms. The largest absolute Gasteiger partial charge is 0.384 e. The molecule has 8 heteroatoms. The SMILES string of the molecule is N#CC1(CNc2cc(-c3cc(N)ncc3Cl)cnn2)CCOCC1. The van der Waals surface area contributed by atoms with E-state index in [0.29, 0.717) is 49.3 Å². The van der Waals surface area contributed by atoms with Crippen molar-refractivity contribution in [3.63, 3.8) is 0 Å². The zero-order valence-corrected chi connectivity index (χ0v) is 13.8. The summed E-state index contributed by atoms with van der Waals surface area (Å²) in [4.78, 5) is 3.95. The van der Waals surface area contributed by atoms with Crippen LogP contribution in [0.25, 0.3) is 11.1 Å². The molecule has 2 aromatic heterocycles. The smallest absolute Gasteiger partial charge is 0.149 e. The van der Waals surface area contributed by atoms with Crippen molar-refractivity contribution in [3.8, 4) is 17.2 Å². The van der Waals surface area contributed by atoms with E-state index in [-0.39, 0.29) is 0 Å². The van der Waals surface area contributed by atoms with Gasteiger partial charge in [0, 0.05) is 37.1 Å². The van der Waals surface area contributed by atoms with Crippen LogP contribution in [0.3, 0.4) is 0 Å². The van der Waals surface area contributed by atoms with Gasteiger partial charge in [0.05, 0.1) is 22.7 Å². The minimum Gasteiger partial charge on any atom is -0.384 e. The lowest BCUT2D eigenvalue weighted by atomic mass is 9.82. The van der Waals surface area contributed by atoms with Gasteiger partial charge >= 0.3 is 0 Å². The number of hydrogen-bond donors (Lipinski definition) is 2. The average Bonchev–Trinajstić information content (AvgIpc) is 2.63. The Balaban J connectivity index is 1.78. The Kier molecular flexibility index (Phi) is 4.79. The van der Waals surface area contributed by atoms with Gasteiger partial charge in [0.15, 0.2) is 0 Å². The van der Waals surface area contributed by atoms with Gasteiger partial charge in [0.25, 0.3) is 0 Å². The van der Waals surface area contributed by atoms with Crippen LogP contribution in [0.15, 0.2) is 24.5 Å². The number of nitriles is 1. The first-order valence-electron chi connectivity index (χ1n) is 7.59. The molecule has 3 heterocycles. The number of aromatic nitrogens is 3. The Hall–Kier alpha value is -2.43. The minimum atomic E-state index is -0.436. The first-order chi connectivity index (χ1) is 11.6. The molecule has 0 unspecified atom stereocenters. The van der Waals surface area contributed by atoms with E-state index in [1.165, 1.54) is 6.20 Å². The van der Waals surface area contributed by atoms with E-state index in [1.807, 2.05) is 6.07 Å². The van der Waals surface area contributed by atoms with E-state index >= 15 is 0 Å². The lowest BCUT2D eigenvalue weighted by molar-refractivity contribution is 0.0455. The monoisotopic (exact) mass is 344 g/mol. The highest BCUT2D eigenvalue weighted by Crippen LogP contribution is 2.31. The van der Waals surface area contributed by atoms with Crippen molar-refractivity contribution in [2.24, 2.45) is 5.41 Å². The maximum absolute atomic E-state index is 9.50. The zero-order chi connectivity index (χ0) is 17.0. The van der Waals surface area contributed by atoms with Crippen LogP contribution in [-0.4, -0.2) is 34.9 Å². The first-order valence-corrected chi connectivity index (χ1v) is 7.97. The molecule has 3 rings (SSSR count). The van der Waals surface area contributed by atoms with E-state index in [9.17, 15) is 5.26 Å². The lowest BCUT2D eigenvalue weighted by Gasteiger charge is -2.30. The summed E-state index contributed by atoms with van der Waals surface area (Å²) in [6.07, 6.45) is 4.53. The van der Waals surface area contributed by atoms with Crippen LogP contribution in [0.5, 0.6) is 0 Å². The standard InChI is InChI=1S/C16H17ClN6O/c17-13-8-20-14(19)6-12(13)11-5-15(23-22-7-11)21-10-16(9-18)1-3-24-4-2-16/h5-8H,1-4,10H2,(H2,19,20)(H,21,23). The van der Waals surface area contributed by atoms with Crippen molar-refractivity contribution >= 4 is 23.2 Å². The van der Waals surface area contributed by atoms with Gasteiger partial charge < -0.3 is 15.8 Å². The molecular formula is C16H17ClN6O. The molecule has 7 nitrogen and oxygen atoms in total. The summed E-state index contributed by atoms with van der Waals surface area (Å²) in [5.41, 5.74) is 6.81. The minimum absolute atomic E-state index is 0.381. The van der Waals surface area contributed by atoms with Crippen LogP contribution >= 0.6 is 11.6 Å². The molecule has 0 aromatic carbocycles. The van der Waals surface area contributed by atoms with E-state index in [1.54, 1.807) is 12.3 Å². The van der Waals surface area contributed by atoms with Gasteiger partial charge in [0.1, 0.15) is 11.6 Å². The normalized spacial score (nSPS) is 16.3. The molecule has 0 atom stereocenters. The number of hydrogen-bond acceptors (Lipinski definition) is 7. The van der Waals surface area contributed by atoms with Crippen molar-refractivity contribution in [3.05, 3.63) is 29.5 Å². The number of nitrogens with zero attached hydrogens (tertiary/aromatic N) is 4. The second kappa shape index (κ2) is 6.99. The zero-order valence-electron chi connectivity index (χ0n) is 13.0. The molecule has 0 amide bonds. The Morgan fingerprint density at radius 1 is 1.33 bits per heavy atom. The maximum Gasteiger partial charge on any atom is 0.149 e. The predicted octanol–water partition coefficient (Wildman–Crippen LogP) is 2.51. The van der Waals surface area contributed by atoms with Crippen LogP contribution < -0.4 is 11.1 Å². The highest BCUT2D eigenvalue weighted by atomic mass is 35.5. The summed E-state index contributed by atoms with van der Waals surface area (Å²) in [6.45, 7) is 1.71. The van der Waals surface area contributed by atoms with Gasteiger partial charge in [-0.1, -0.05) is 11.6 Å². The Labute approximate surface area is 144 Å². The molecule has 0 radical (unpaired) electrons. The molecule has 0 saturated carbocycles. The number of nitrogens with two attached hydrogens (primary N) is 1. The van der Waals surface area contributed by atoms with Gasteiger partial charge in [0.2, 0.25) is 0 Å². The number of ether oxygens (including phenoxy) is 1. The second-order valence-electron chi connectivity index (χ2n) is 5.78. The number of nitrogens with one attached hydrogen (secondary N) is 1. The van der Waals surface area contributed by atoms with Gasteiger partial charge in [-0.25, -0.2) is 4.98 Å². The fourth-order valence-electron chi connectivity index (χ4n) is 2.63. The molecule has 1 aliphatic rings. The van der Waals surface area contributed by atoms with Crippen molar-refractivity contribution in [2.75, 3.05) is 30.8 Å². The Morgan fingerprint density at radius 2 is 2.12 bits per heavy atom. The Morgan fingerprint density at radius 3 is 2.88 bits per heavy atom. The summed E-state index contributed by atoms with van der Waals surface area (Å²) in [5, 5.41) is 21.3. The molecular weight excluding hydrogens is 328 g/mol. The van der Waals surface area contributed by atoms with E-state index in [4.69, 9.17) is 22.1 Å². The highest BCUT2D eigenvalue weighted by Gasteiger charge is 2.32. The fourth-order valence-corrected chi connectivity index (χ4v) is 2.84. The molecule has 2 aromatic rings. The van der Waals surface area contributed by atoms with Crippen molar-refractivity contribution in [1.82, 2.24) is 15.2 Å². The molecule has 1 saturated heterocycles. The van der Waals surface area contributed by atoms with Crippen LogP contribution in [0.2, 0.25) is 5.02 Å². The van der Waals surface area contributed by atoms with Gasteiger partial charge in [-0.15, -0.1) is 5.10 Å². The summed E-state index contributed by atoms with van der Waals surface area (Å²) < 4.78 is 5.34. The predicted molar refractivity (Wildman–Crippen MR) is 91.3 cm³/mol. The van der Waals surface area contributed by atoms with E-state index in [2.05, 4.69) is 26.6 Å². The van der Waals surface area contributed by atoms with Crippen LogP contribution in [0.4, 0.5) is 11.6 Å². The molecule has 0 aliphatic carbocycles. The third-order valence-corrected chi connectivity index (χ3v) is 4.44. The number of rotatable bonds is 4. The molecule has 0 spiro atoms. The van der Waals surface area contributed by atoms with Crippen molar-refractivity contribution < 1.29 is 4.74 Å². The van der Waals surface area contributed by atoms with Gasteiger partial charge in [-0.05, 0) is 25.0 Å². The third-order valence-electron chi connectivity index (χ3n) is 4.14. The first kappa shape index (κ1) is 16.4. The summed E-state index contributed by atoms with van der Waals surface area (Å²) >= 11 is 6.18. The van der Waals surface area contributed by atoms with Gasteiger partial charge in [-0.3, -0.25) is 0 Å². The molecule has 124 valence electrons. The van der Waals surface area contributed by atoms with Crippen LogP contribution in [-0.2, 0) is 4.74 Å². The number of pyridine rings is 1. The number of nitrogen functional groups attached to an aromatic ring is 1. The fraction of sp³-hybridized carbons (Fsp3) is 0.375. The highest BCUT2D eigenvalue weighted by molar-refractivity contribution is 6.33. The molecule has 0 bridgehead atoms. The lowest BCUT2D eigenvalue weighted by Crippen LogP contribution is -2.34. The van der Waals surface area contributed by atoms with Crippen LogP contribution in [0.1, 0.15) is 12.8 Å². The van der Waals surface area contributed by atoms with Crippen LogP contribution in [0, 0.1) is 16.7 Å². The summed E-state index contributed by atoms with van der Waals surface area (Å²) in [5.74, 6) is 0.964. The van der Waals surface area contributed by atoms with E-state index in [0.717, 1.165) is 11.1 Å². The van der Waals surface area contributed by atoms with Crippen molar-refractivity contribution in [2.45, 2.75) is 12.8 Å². The molecule has 3 N–H and O–H groups in total. The quantitative estimate of drug-likeness (QED) is 0.876. The average molecular weight is 345 g/mol. The second-order valence-corrected chi connectivity index (χ2v) is 6.18. The number of anilines is 2. The van der Waals surface area contributed by atoms with Crippen molar-refractivity contribution in [1.29, 1.82) is 5.26 Å². The summed E-state index contributed by atoms with van der Waals surface area (Å²) in [6, 6.07) is 5.94. The summed E-state index contributed by atoms with van der Waals surface area (Å²) in [7, 11) is 0. The van der Waals surface area contributed by atoms with E-state index < -0.39 is 5.41 Å². The number of halogens is 1. The Bertz CT molecular complexity index is 769. The maximum atomic E-state index is 9.50. The molecule has 1 aliphatic heterocycles. The van der Waals surface area contributed by atoms with Gasteiger partial charge in [-0.2, -0.15) is 10.4 Å². The third kappa shape index (κ3) is 3.55. The molecule has 1 fully saturated rings.